The van der Waals surface area contributed by atoms with Gasteiger partial charge in [-0.15, -0.1) is 11.8 Å². The molecule has 2 atom stereocenters. The summed E-state index contributed by atoms with van der Waals surface area (Å²) in [5.74, 6) is -0.321. The number of hydrogen-bond acceptors (Lipinski definition) is 4. The van der Waals surface area contributed by atoms with Crippen molar-refractivity contribution in [2.24, 2.45) is 10.9 Å². The van der Waals surface area contributed by atoms with E-state index in [9.17, 15) is 9.59 Å². The number of nitrogens with one attached hydrogen (secondary N) is 1. The Morgan fingerprint density at radius 2 is 1.62 bits per heavy atom. The van der Waals surface area contributed by atoms with E-state index in [0.29, 0.717) is 0 Å². The number of amides is 1. The quantitative estimate of drug-likeness (QED) is 0.627. The lowest BCUT2D eigenvalue weighted by atomic mass is 9.93. The van der Waals surface area contributed by atoms with Gasteiger partial charge in [0.1, 0.15) is 0 Å². The van der Waals surface area contributed by atoms with Gasteiger partial charge in [-0.2, -0.15) is 0 Å². The second kappa shape index (κ2) is 7.01. The van der Waals surface area contributed by atoms with E-state index < -0.39 is 0 Å². The van der Waals surface area contributed by atoms with Crippen molar-refractivity contribution in [3.05, 3.63) is 89.5 Å². The zero-order chi connectivity index (χ0) is 20.0. The molecule has 3 aromatic rings. The van der Waals surface area contributed by atoms with E-state index >= 15 is 0 Å². The summed E-state index contributed by atoms with van der Waals surface area (Å²) in [7, 11) is 0. The van der Waals surface area contributed by atoms with Crippen LogP contribution in [0.25, 0.3) is 0 Å². The number of aliphatic imine (C=N–C) groups is 1. The van der Waals surface area contributed by atoms with E-state index in [-0.39, 0.29) is 22.9 Å². The van der Waals surface area contributed by atoms with Crippen molar-refractivity contribution in [3.63, 3.8) is 0 Å². The van der Waals surface area contributed by atoms with Gasteiger partial charge < -0.3 is 5.32 Å². The smallest absolute Gasteiger partial charge is 0.221 e. The number of anilines is 1. The molecule has 5 heteroatoms. The summed E-state index contributed by atoms with van der Waals surface area (Å²) in [5.41, 5.74) is 5.21. The van der Waals surface area contributed by atoms with Gasteiger partial charge in [0, 0.05) is 28.6 Å². The van der Waals surface area contributed by atoms with Crippen molar-refractivity contribution in [3.8, 4) is 0 Å². The van der Waals surface area contributed by atoms with E-state index in [4.69, 9.17) is 4.99 Å². The molecule has 5 rings (SSSR count). The molecule has 0 saturated heterocycles. The van der Waals surface area contributed by atoms with Crippen LogP contribution < -0.4 is 5.32 Å². The number of para-hydroxylation sites is 1. The largest absolute Gasteiger partial charge is 0.326 e. The number of carbonyl (C=O) groups excluding carboxylic acids is 2. The maximum Gasteiger partial charge on any atom is 0.221 e. The molecule has 4 nitrogen and oxygen atoms in total. The summed E-state index contributed by atoms with van der Waals surface area (Å²) in [5, 5.41) is 2.70. The second-order valence-electron chi connectivity index (χ2n) is 7.19. The number of thioether (sulfide) groups is 1. The van der Waals surface area contributed by atoms with Crippen LogP contribution in [-0.2, 0) is 4.79 Å². The summed E-state index contributed by atoms with van der Waals surface area (Å²) in [6.07, 6.45) is 0. The maximum atomic E-state index is 13.4. The van der Waals surface area contributed by atoms with Crippen LogP contribution in [0.5, 0.6) is 0 Å². The molecule has 0 saturated carbocycles. The van der Waals surface area contributed by atoms with E-state index in [1.54, 1.807) is 11.8 Å². The van der Waals surface area contributed by atoms with Crippen LogP contribution in [0.15, 0.2) is 82.7 Å². The van der Waals surface area contributed by atoms with E-state index in [0.717, 1.165) is 38.7 Å². The number of carbonyl (C=O) groups is 2. The number of ketones is 1. The molecule has 0 aromatic heterocycles. The van der Waals surface area contributed by atoms with Crippen LogP contribution in [-0.4, -0.2) is 17.4 Å². The Balaban J connectivity index is 1.64. The third-order valence-corrected chi connectivity index (χ3v) is 6.67. The van der Waals surface area contributed by atoms with Gasteiger partial charge in [-0.3, -0.25) is 14.6 Å². The van der Waals surface area contributed by atoms with E-state index in [1.807, 2.05) is 66.7 Å². The average Bonchev–Trinajstić information content (AvgIpc) is 2.89. The Labute approximate surface area is 173 Å². The minimum absolute atomic E-state index is 0.0938. The number of fused-ring (bicyclic) bond motifs is 4. The van der Waals surface area contributed by atoms with Crippen LogP contribution in [0.3, 0.4) is 0 Å². The fourth-order valence-electron chi connectivity index (χ4n) is 3.99. The lowest BCUT2D eigenvalue weighted by Crippen LogP contribution is -2.22. The van der Waals surface area contributed by atoms with Gasteiger partial charge in [-0.05, 0) is 29.8 Å². The Morgan fingerprint density at radius 3 is 2.38 bits per heavy atom. The zero-order valence-corrected chi connectivity index (χ0v) is 16.6. The number of benzene rings is 3. The van der Waals surface area contributed by atoms with Crippen molar-refractivity contribution in [1.29, 1.82) is 0 Å². The van der Waals surface area contributed by atoms with Crippen molar-refractivity contribution in [2.45, 2.75) is 17.1 Å². The Morgan fingerprint density at radius 1 is 0.931 bits per heavy atom. The van der Waals surface area contributed by atoms with Crippen molar-refractivity contribution < 1.29 is 9.59 Å². The number of hydrogen-bond donors (Lipinski definition) is 1. The molecule has 29 heavy (non-hydrogen) atoms. The molecule has 0 spiro atoms. The molecule has 1 aliphatic heterocycles. The molecule has 1 aliphatic carbocycles. The van der Waals surface area contributed by atoms with Crippen molar-refractivity contribution in [1.82, 2.24) is 0 Å². The first-order valence-corrected chi connectivity index (χ1v) is 10.4. The third-order valence-electron chi connectivity index (χ3n) is 5.27. The molecule has 0 unspecified atom stereocenters. The summed E-state index contributed by atoms with van der Waals surface area (Å²) < 4.78 is 0. The van der Waals surface area contributed by atoms with Gasteiger partial charge in [-0.1, -0.05) is 48.5 Å². The molecule has 0 bridgehead atoms. The lowest BCUT2D eigenvalue weighted by molar-refractivity contribution is -0.114. The number of rotatable bonds is 2. The van der Waals surface area contributed by atoms with Gasteiger partial charge in [-0.25, -0.2) is 0 Å². The molecule has 2 aliphatic rings. The minimum atomic E-state index is -0.337. The molecule has 1 N–H and O–H groups in total. The predicted octanol–water partition coefficient (Wildman–Crippen LogP) is 5.43. The van der Waals surface area contributed by atoms with Crippen molar-refractivity contribution >= 4 is 40.5 Å². The van der Waals surface area contributed by atoms with Gasteiger partial charge in [0.15, 0.2) is 5.78 Å². The Hall–Kier alpha value is -3.18. The molecular formula is C24H18N2O2S. The standard InChI is InChI=1S/C24H18N2O2S/c1-14(27)25-16-12-10-15(11-13-16)24-21-22(17-6-2-3-7-18(17)23(21)28)26-19-8-4-5-9-20(19)29-24/h2-13,21,24H,1H3,(H,25,27)/t21-,24-/m0/s1. The Bertz CT molecular complexity index is 1170. The molecule has 0 radical (unpaired) electrons. The summed E-state index contributed by atoms with van der Waals surface area (Å²) in [6, 6.07) is 23.5. The highest BCUT2D eigenvalue weighted by molar-refractivity contribution is 7.99. The van der Waals surface area contributed by atoms with Crippen LogP contribution >= 0.6 is 11.8 Å². The molecular weight excluding hydrogens is 380 g/mol. The topological polar surface area (TPSA) is 58.5 Å². The highest BCUT2D eigenvalue weighted by Crippen LogP contribution is 2.51. The molecule has 3 aromatic carbocycles. The summed E-state index contributed by atoms with van der Waals surface area (Å²) in [4.78, 5) is 30.7. The van der Waals surface area contributed by atoms with Gasteiger partial charge in [0.25, 0.3) is 0 Å². The Kier molecular flexibility index (Phi) is 4.32. The third kappa shape index (κ3) is 3.08. The SMILES string of the molecule is CC(=O)Nc1ccc([C@@H]2Sc3ccccc3N=C3c4ccccc4C(=O)[C@H]32)cc1. The highest BCUT2D eigenvalue weighted by Gasteiger charge is 2.44. The first-order valence-electron chi connectivity index (χ1n) is 9.47. The molecule has 142 valence electrons. The normalized spacial score (nSPS) is 19.5. The first kappa shape index (κ1) is 17.9. The second-order valence-corrected chi connectivity index (χ2v) is 8.38. The van der Waals surface area contributed by atoms with Crippen LogP contribution in [0, 0.1) is 5.92 Å². The summed E-state index contributed by atoms with van der Waals surface area (Å²) in [6.45, 7) is 1.49. The van der Waals surface area contributed by atoms with Gasteiger partial charge in [0.2, 0.25) is 5.91 Å². The van der Waals surface area contributed by atoms with Crippen LogP contribution in [0.1, 0.15) is 33.7 Å². The van der Waals surface area contributed by atoms with Crippen LogP contribution in [0.2, 0.25) is 0 Å². The molecule has 1 heterocycles. The highest BCUT2D eigenvalue weighted by atomic mass is 32.2. The minimum Gasteiger partial charge on any atom is -0.326 e. The average molecular weight is 398 g/mol. The monoisotopic (exact) mass is 398 g/mol. The number of Topliss-reactive ketones (excluding diaryl/α,β-unsaturated/α-hetero) is 1. The lowest BCUT2D eigenvalue weighted by Gasteiger charge is -2.21. The molecule has 0 fully saturated rings. The van der Waals surface area contributed by atoms with Crippen LogP contribution in [0.4, 0.5) is 11.4 Å². The molecule has 1 amide bonds. The van der Waals surface area contributed by atoms with Gasteiger partial charge >= 0.3 is 0 Å². The number of nitrogens with zero attached hydrogens (tertiary/aromatic N) is 1. The maximum absolute atomic E-state index is 13.4. The fraction of sp³-hybridized carbons (Fsp3) is 0.125. The van der Waals surface area contributed by atoms with E-state index in [1.165, 1.54) is 6.92 Å². The summed E-state index contributed by atoms with van der Waals surface area (Å²) >= 11 is 1.68. The van der Waals surface area contributed by atoms with E-state index in [2.05, 4.69) is 11.4 Å². The van der Waals surface area contributed by atoms with Crippen molar-refractivity contribution in [2.75, 3.05) is 5.32 Å². The fourth-order valence-corrected chi connectivity index (χ4v) is 5.34. The predicted molar refractivity (Wildman–Crippen MR) is 116 cm³/mol. The van der Waals surface area contributed by atoms with Gasteiger partial charge in [0.05, 0.1) is 22.6 Å². The zero-order valence-electron chi connectivity index (χ0n) is 15.8. The first-order chi connectivity index (χ1) is 14.1.